The number of hydrogen-bond acceptors (Lipinski definition) is 5. The van der Waals surface area contributed by atoms with Crippen LogP contribution in [0.15, 0.2) is 59.6 Å². The highest BCUT2D eigenvalue weighted by Crippen LogP contribution is 2.23. The molecule has 1 atom stereocenters. The number of non-ortho nitro benzene ring substituents is 1. The molecule has 0 spiro atoms. The number of ether oxygens (including phenoxy) is 1. The Balaban J connectivity index is 1.70. The smallest absolute Gasteiger partial charge is 0.290 e. The van der Waals surface area contributed by atoms with Crippen molar-refractivity contribution in [3.05, 3.63) is 70.3 Å². The minimum atomic E-state index is -0.432. The molecule has 0 bridgehead atoms. The van der Waals surface area contributed by atoms with Gasteiger partial charge in [0, 0.05) is 17.8 Å². The summed E-state index contributed by atoms with van der Waals surface area (Å²) in [5.74, 6) is 0. The highest BCUT2D eigenvalue weighted by atomic mass is 16.6. The molecule has 21 heavy (non-hydrogen) atoms. The molecule has 0 fully saturated rings. The molecule has 2 aromatic rings. The van der Waals surface area contributed by atoms with Crippen molar-refractivity contribution in [2.45, 2.75) is 6.04 Å². The summed E-state index contributed by atoms with van der Waals surface area (Å²) < 4.78 is 5.51. The van der Waals surface area contributed by atoms with Crippen molar-refractivity contribution in [2.24, 2.45) is 4.99 Å². The SMILES string of the molecule is O=[N+]([O-])c1ccc(NC2=NC(c3ccccc3)CO2)cc1. The fraction of sp³-hybridized carbons (Fsp3) is 0.133. The van der Waals surface area contributed by atoms with Crippen molar-refractivity contribution >= 4 is 17.4 Å². The van der Waals surface area contributed by atoms with E-state index in [2.05, 4.69) is 10.3 Å². The first-order valence-electron chi connectivity index (χ1n) is 6.49. The number of benzene rings is 2. The normalized spacial score (nSPS) is 17.0. The van der Waals surface area contributed by atoms with Gasteiger partial charge in [0.1, 0.15) is 12.6 Å². The van der Waals surface area contributed by atoms with Crippen LogP contribution in [0.5, 0.6) is 0 Å². The molecular weight excluding hydrogens is 270 g/mol. The number of hydrogen-bond donors (Lipinski definition) is 1. The first kappa shape index (κ1) is 13.1. The number of rotatable bonds is 3. The van der Waals surface area contributed by atoms with E-state index < -0.39 is 4.92 Å². The molecule has 1 aliphatic rings. The topological polar surface area (TPSA) is 76.8 Å². The minimum Gasteiger partial charge on any atom is -0.462 e. The Morgan fingerprint density at radius 2 is 1.86 bits per heavy atom. The van der Waals surface area contributed by atoms with Crippen molar-refractivity contribution in [2.75, 3.05) is 11.9 Å². The summed E-state index contributed by atoms with van der Waals surface area (Å²) in [5.41, 5.74) is 1.85. The zero-order chi connectivity index (χ0) is 14.7. The molecule has 106 valence electrons. The van der Waals surface area contributed by atoms with Crippen LogP contribution in [0.3, 0.4) is 0 Å². The van der Waals surface area contributed by atoms with E-state index in [4.69, 9.17) is 4.74 Å². The lowest BCUT2D eigenvalue weighted by atomic mass is 10.1. The van der Waals surface area contributed by atoms with Gasteiger partial charge in [0.25, 0.3) is 11.7 Å². The molecule has 0 aliphatic carbocycles. The van der Waals surface area contributed by atoms with Crippen molar-refractivity contribution in [3.8, 4) is 0 Å². The number of nitro groups is 1. The van der Waals surface area contributed by atoms with E-state index in [0.717, 1.165) is 5.56 Å². The molecular formula is C15H13N3O3. The van der Waals surface area contributed by atoms with Gasteiger partial charge >= 0.3 is 0 Å². The van der Waals surface area contributed by atoms with Crippen LogP contribution >= 0.6 is 0 Å². The van der Waals surface area contributed by atoms with E-state index in [9.17, 15) is 10.1 Å². The molecule has 0 aromatic heterocycles. The van der Waals surface area contributed by atoms with Gasteiger partial charge in [0.15, 0.2) is 0 Å². The summed E-state index contributed by atoms with van der Waals surface area (Å²) in [6, 6.07) is 16.4. The van der Waals surface area contributed by atoms with Crippen molar-refractivity contribution < 1.29 is 9.66 Å². The zero-order valence-corrected chi connectivity index (χ0v) is 11.1. The Hall–Kier alpha value is -2.89. The van der Waals surface area contributed by atoms with Gasteiger partial charge < -0.3 is 10.1 Å². The van der Waals surface area contributed by atoms with Gasteiger partial charge in [-0.05, 0) is 17.7 Å². The van der Waals surface area contributed by atoms with Crippen molar-refractivity contribution in [1.29, 1.82) is 0 Å². The average molecular weight is 283 g/mol. The largest absolute Gasteiger partial charge is 0.462 e. The van der Waals surface area contributed by atoms with Crippen LogP contribution in [0.4, 0.5) is 11.4 Å². The number of anilines is 1. The number of nitro benzene ring substituents is 1. The summed E-state index contributed by atoms with van der Waals surface area (Å²) in [6.45, 7) is 0.485. The zero-order valence-electron chi connectivity index (χ0n) is 11.1. The molecule has 6 heteroatoms. The first-order chi connectivity index (χ1) is 10.2. The van der Waals surface area contributed by atoms with Crippen molar-refractivity contribution in [1.82, 2.24) is 0 Å². The highest BCUT2D eigenvalue weighted by Gasteiger charge is 2.20. The van der Waals surface area contributed by atoms with Gasteiger partial charge in [-0.15, -0.1) is 0 Å². The Morgan fingerprint density at radius 3 is 2.52 bits per heavy atom. The molecule has 2 aromatic carbocycles. The molecule has 6 nitrogen and oxygen atoms in total. The second-order valence-electron chi connectivity index (χ2n) is 4.60. The minimum absolute atomic E-state index is 0.0215. The Kier molecular flexibility index (Phi) is 3.51. The Bertz CT molecular complexity index is 668. The van der Waals surface area contributed by atoms with E-state index in [1.54, 1.807) is 12.1 Å². The third kappa shape index (κ3) is 3.00. The van der Waals surface area contributed by atoms with Gasteiger partial charge in [0.05, 0.1) is 4.92 Å². The fourth-order valence-corrected chi connectivity index (χ4v) is 2.08. The lowest BCUT2D eigenvalue weighted by molar-refractivity contribution is -0.384. The Morgan fingerprint density at radius 1 is 1.14 bits per heavy atom. The van der Waals surface area contributed by atoms with Gasteiger partial charge in [-0.2, -0.15) is 0 Å². The average Bonchev–Trinajstić information content (AvgIpc) is 2.97. The van der Waals surface area contributed by atoms with E-state index in [1.165, 1.54) is 12.1 Å². The summed E-state index contributed by atoms with van der Waals surface area (Å²) in [6.07, 6.45) is 0. The molecule has 1 unspecified atom stereocenters. The molecule has 0 saturated heterocycles. The predicted molar refractivity (Wildman–Crippen MR) is 79.3 cm³/mol. The lowest BCUT2D eigenvalue weighted by Crippen LogP contribution is -2.11. The molecule has 0 radical (unpaired) electrons. The fourth-order valence-electron chi connectivity index (χ4n) is 2.08. The number of aliphatic imine (C=N–C) groups is 1. The summed E-state index contributed by atoms with van der Waals surface area (Å²) >= 11 is 0. The van der Waals surface area contributed by atoms with Crippen LogP contribution in [0.2, 0.25) is 0 Å². The van der Waals surface area contributed by atoms with E-state index in [-0.39, 0.29) is 11.7 Å². The Labute approximate surface area is 121 Å². The predicted octanol–water partition coefficient (Wildman–Crippen LogP) is 3.13. The molecule has 3 rings (SSSR count). The van der Waals surface area contributed by atoms with Gasteiger partial charge in [-0.1, -0.05) is 30.3 Å². The molecule has 0 amide bonds. The highest BCUT2D eigenvalue weighted by molar-refractivity contribution is 5.90. The number of nitrogens with zero attached hydrogens (tertiary/aromatic N) is 2. The first-order valence-corrected chi connectivity index (χ1v) is 6.49. The van der Waals surface area contributed by atoms with Crippen LogP contribution in [0.1, 0.15) is 11.6 Å². The van der Waals surface area contributed by atoms with Crippen LogP contribution in [-0.4, -0.2) is 17.6 Å². The molecule has 1 aliphatic heterocycles. The summed E-state index contributed by atoms with van der Waals surface area (Å²) in [4.78, 5) is 14.6. The van der Waals surface area contributed by atoms with E-state index in [1.807, 2.05) is 30.3 Å². The maximum atomic E-state index is 10.6. The summed E-state index contributed by atoms with van der Waals surface area (Å²) in [7, 11) is 0. The number of amidine groups is 1. The van der Waals surface area contributed by atoms with Gasteiger partial charge in [-0.25, -0.2) is 4.99 Å². The summed E-state index contributed by atoms with van der Waals surface area (Å²) in [5, 5.41) is 13.6. The third-order valence-corrected chi connectivity index (χ3v) is 3.16. The molecule has 1 heterocycles. The van der Waals surface area contributed by atoms with E-state index in [0.29, 0.717) is 18.3 Å². The lowest BCUT2D eigenvalue weighted by Gasteiger charge is -2.04. The standard InChI is InChI=1S/C15H13N3O3/c19-18(20)13-8-6-12(7-9-13)16-15-17-14(10-21-15)11-4-2-1-3-5-11/h1-9,14H,10H2,(H,16,17). The second-order valence-corrected chi connectivity index (χ2v) is 4.60. The molecule has 0 saturated carbocycles. The second kappa shape index (κ2) is 5.62. The maximum absolute atomic E-state index is 10.6. The van der Waals surface area contributed by atoms with Crippen LogP contribution < -0.4 is 5.32 Å². The monoisotopic (exact) mass is 283 g/mol. The number of nitrogens with one attached hydrogen (secondary N) is 1. The van der Waals surface area contributed by atoms with Gasteiger partial charge in [-0.3, -0.25) is 10.1 Å². The van der Waals surface area contributed by atoms with Gasteiger partial charge in [0.2, 0.25) is 0 Å². The molecule has 1 N–H and O–H groups in total. The van der Waals surface area contributed by atoms with Crippen LogP contribution in [0.25, 0.3) is 0 Å². The van der Waals surface area contributed by atoms with Crippen LogP contribution in [0, 0.1) is 10.1 Å². The van der Waals surface area contributed by atoms with E-state index >= 15 is 0 Å². The van der Waals surface area contributed by atoms with Crippen molar-refractivity contribution in [3.63, 3.8) is 0 Å². The maximum Gasteiger partial charge on any atom is 0.290 e. The van der Waals surface area contributed by atoms with Crippen LogP contribution in [-0.2, 0) is 4.74 Å². The third-order valence-electron chi connectivity index (χ3n) is 3.16. The quantitative estimate of drug-likeness (QED) is 0.693.